The summed E-state index contributed by atoms with van der Waals surface area (Å²) in [5.41, 5.74) is 3.33. The van der Waals surface area contributed by atoms with Crippen molar-refractivity contribution >= 4 is 0 Å². The van der Waals surface area contributed by atoms with Gasteiger partial charge in [-0.15, -0.1) is 0 Å². The van der Waals surface area contributed by atoms with Crippen LogP contribution in [0.25, 0.3) is 0 Å². The molecule has 2 fully saturated rings. The van der Waals surface area contributed by atoms with Crippen LogP contribution in [0.5, 0.6) is 0 Å². The SMILES string of the molecule is CCCN1CCCC(C(C)NOC2CCCC2)C1. The van der Waals surface area contributed by atoms with Crippen LogP contribution in [-0.2, 0) is 4.84 Å². The first-order chi connectivity index (χ1) is 8.79. The molecule has 2 aliphatic rings. The monoisotopic (exact) mass is 254 g/mol. The van der Waals surface area contributed by atoms with E-state index >= 15 is 0 Å². The summed E-state index contributed by atoms with van der Waals surface area (Å²) >= 11 is 0. The van der Waals surface area contributed by atoms with E-state index in [4.69, 9.17) is 4.84 Å². The van der Waals surface area contributed by atoms with Gasteiger partial charge in [0.1, 0.15) is 0 Å². The summed E-state index contributed by atoms with van der Waals surface area (Å²) in [4.78, 5) is 8.46. The van der Waals surface area contributed by atoms with Crippen LogP contribution in [0.3, 0.4) is 0 Å². The van der Waals surface area contributed by atoms with E-state index in [1.54, 1.807) is 0 Å². The number of piperidine rings is 1. The van der Waals surface area contributed by atoms with Crippen LogP contribution < -0.4 is 5.48 Å². The second-order valence-corrected chi connectivity index (χ2v) is 6.13. The molecule has 0 spiro atoms. The number of hydroxylamine groups is 1. The topological polar surface area (TPSA) is 24.5 Å². The van der Waals surface area contributed by atoms with Crippen LogP contribution in [0.15, 0.2) is 0 Å². The van der Waals surface area contributed by atoms with Crippen molar-refractivity contribution < 1.29 is 4.84 Å². The molecular formula is C15H30N2O. The van der Waals surface area contributed by atoms with E-state index < -0.39 is 0 Å². The third kappa shape index (κ3) is 4.22. The van der Waals surface area contributed by atoms with Gasteiger partial charge >= 0.3 is 0 Å². The van der Waals surface area contributed by atoms with Crippen molar-refractivity contribution in [2.75, 3.05) is 19.6 Å². The molecule has 0 aromatic rings. The van der Waals surface area contributed by atoms with E-state index in [1.165, 1.54) is 64.6 Å². The van der Waals surface area contributed by atoms with E-state index in [1.807, 2.05) is 0 Å². The fraction of sp³-hybridized carbons (Fsp3) is 1.00. The minimum Gasteiger partial charge on any atom is -0.303 e. The van der Waals surface area contributed by atoms with Crippen LogP contribution in [-0.4, -0.2) is 36.7 Å². The zero-order valence-electron chi connectivity index (χ0n) is 12.2. The van der Waals surface area contributed by atoms with Gasteiger partial charge in [0.2, 0.25) is 0 Å². The molecule has 2 rings (SSSR count). The van der Waals surface area contributed by atoms with Gasteiger partial charge in [-0.25, -0.2) is 0 Å². The van der Waals surface area contributed by atoms with Gasteiger partial charge in [-0.3, -0.25) is 4.84 Å². The molecule has 3 nitrogen and oxygen atoms in total. The van der Waals surface area contributed by atoms with Crippen molar-refractivity contribution in [1.29, 1.82) is 0 Å². The lowest BCUT2D eigenvalue weighted by Crippen LogP contribution is -2.45. The van der Waals surface area contributed by atoms with Crippen LogP contribution in [0.4, 0.5) is 0 Å². The van der Waals surface area contributed by atoms with E-state index in [9.17, 15) is 0 Å². The van der Waals surface area contributed by atoms with Crippen molar-refractivity contribution in [1.82, 2.24) is 10.4 Å². The number of hydrogen-bond donors (Lipinski definition) is 1. The highest BCUT2D eigenvalue weighted by molar-refractivity contribution is 4.79. The smallest absolute Gasteiger partial charge is 0.0790 e. The minimum atomic E-state index is 0.475. The molecule has 2 atom stereocenters. The molecule has 1 saturated carbocycles. The average molecular weight is 254 g/mol. The molecule has 0 aromatic heterocycles. The summed E-state index contributed by atoms with van der Waals surface area (Å²) in [5.74, 6) is 0.756. The highest BCUT2D eigenvalue weighted by Gasteiger charge is 2.25. The fourth-order valence-electron chi connectivity index (χ4n) is 3.32. The summed E-state index contributed by atoms with van der Waals surface area (Å²) < 4.78 is 0. The Morgan fingerprint density at radius 3 is 2.72 bits per heavy atom. The molecule has 1 aliphatic heterocycles. The number of nitrogens with zero attached hydrogens (tertiary/aromatic N) is 1. The van der Waals surface area contributed by atoms with Crippen molar-refractivity contribution in [3.8, 4) is 0 Å². The molecule has 1 N–H and O–H groups in total. The van der Waals surface area contributed by atoms with Gasteiger partial charge in [-0.05, 0) is 58.0 Å². The maximum Gasteiger partial charge on any atom is 0.0790 e. The van der Waals surface area contributed by atoms with Crippen LogP contribution in [0.1, 0.15) is 58.8 Å². The fourth-order valence-corrected chi connectivity index (χ4v) is 3.32. The van der Waals surface area contributed by atoms with Gasteiger partial charge in [0.05, 0.1) is 6.10 Å². The van der Waals surface area contributed by atoms with Gasteiger partial charge < -0.3 is 4.90 Å². The molecule has 1 aliphatic carbocycles. The molecular weight excluding hydrogens is 224 g/mol. The van der Waals surface area contributed by atoms with E-state index in [0.717, 1.165) is 5.92 Å². The third-order valence-corrected chi connectivity index (χ3v) is 4.51. The van der Waals surface area contributed by atoms with E-state index in [2.05, 4.69) is 24.2 Å². The predicted octanol–water partition coefficient (Wildman–Crippen LogP) is 2.96. The van der Waals surface area contributed by atoms with Gasteiger partial charge in [-0.2, -0.15) is 5.48 Å². The average Bonchev–Trinajstić information content (AvgIpc) is 2.90. The zero-order valence-corrected chi connectivity index (χ0v) is 12.2. The number of nitrogens with one attached hydrogen (secondary N) is 1. The Morgan fingerprint density at radius 1 is 1.22 bits per heavy atom. The molecule has 1 heterocycles. The Balaban J connectivity index is 1.68. The summed E-state index contributed by atoms with van der Waals surface area (Å²) in [7, 11) is 0. The Morgan fingerprint density at radius 2 is 2.00 bits per heavy atom. The number of rotatable bonds is 6. The lowest BCUT2D eigenvalue weighted by molar-refractivity contribution is -0.0530. The van der Waals surface area contributed by atoms with Gasteiger partial charge in [-0.1, -0.05) is 19.8 Å². The highest BCUT2D eigenvalue weighted by atomic mass is 16.7. The second kappa shape index (κ2) is 7.46. The predicted molar refractivity (Wildman–Crippen MR) is 75.4 cm³/mol. The Bertz CT molecular complexity index is 227. The first-order valence-corrected chi connectivity index (χ1v) is 7.93. The van der Waals surface area contributed by atoms with E-state index in [0.29, 0.717) is 12.1 Å². The van der Waals surface area contributed by atoms with Crippen molar-refractivity contribution in [2.24, 2.45) is 5.92 Å². The Hall–Kier alpha value is -0.120. The zero-order chi connectivity index (χ0) is 12.8. The van der Waals surface area contributed by atoms with Crippen LogP contribution in [0, 0.1) is 5.92 Å². The highest BCUT2D eigenvalue weighted by Crippen LogP contribution is 2.22. The molecule has 0 radical (unpaired) electrons. The maximum absolute atomic E-state index is 5.84. The maximum atomic E-state index is 5.84. The van der Waals surface area contributed by atoms with Gasteiger partial charge in [0.25, 0.3) is 0 Å². The normalized spacial score (nSPS) is 28.7. The first-order valence-electron chi connectivity index (χ1n) is 7.93. The third-order valence-electron chi connectivity index (χ3n) is 4.51. The standard InChI is InChI=1S/C15H30N2O/c1-3-10-17-11-6-7-14(12-17)13(2)16-18-15-8-4-5-9-15/h13-16H,3-12H2,1-2H3. The Labute approximate surface area is 112 Å². The molecule has 0 amide bonds. The molecule has 106 valence electrons. The Kier molecular flexibility index (Phi) is 5.93. The molecule has 0 bridgehead atoms. The van der Waals surface area contributed by atoms with Crippen molar-refractivity contribution in [3.63, 3.8) is 0 Å². The number of hydrogen-bond acceptors (Lipinski definition) is 3. The summed E-state index contributed by atoms with van der Waals surface area (Å²) in [6.45, 7) is 8.35. The quantitative estimate of drug-likeness (QED) is 0.738. The molecule has 0 aromatic carbocycles. The minimum absolute atomic E-state index is 0.475. The molecule has 1 saturated heterocycles. The van der Waals surface area contributed by atoms with Gasteiger partial charge in [0.15, 0.2) is 0 Å². The first kappa shape index (κ1) is 14.3. The van der Waals surface area contributed by atoms with E-state index in [-0.39, 0.29) is 0 Å². The van der Waals surface area contributed by atoms with Crippen LogP contribution >= 0.6 is 0 Å². The summed E-state index contributed by atoms with van der Waals surface area (Å²) in [6, 6.07) is 0.491. The second-order valence-electron chi connectivity index (χ2n) is 6.13. The van der Waals surface area contributed by atoms with Crippen LogP contribution in [0.2, 0.25) is 0 Å². The molecule has 18 heavy (non-hydrogen) atoms. The molecule has 3 heteroatoms. The largest absolute Gasteiger partial charge is 0.303 e. The summed E-state index contributed by atoms with van der Waals surface area (Å²) in [6.07, 6.45) is 9.61. The molecule has 2 unspecified atom stereocenters. The lowest BCUT2D eigenvalue weighted by Gasteiger charge is -2.36. The van der Waals surface area contributed by atoms with Crippen molar-refractivity contribution in [2.45, 2.75) is 70.9 Å². The lowest BCUT2D eigenvalue weighted by atomic mass is 9.92. The number of likely N-dealkylation sites (tertiary alicyclic amines) is 1. The van der Waals surface area contributed by atoms with Crippen molar-refractivity contribution in [3.05, 3.63) is 0 Å². The summed E-state index contributed by atoms with van der Waals surface area (Å²) in [5, 5.41) is 0. The van der Waals surface area contributed by atoms with Gasteiger partial charge in [0, 0.05) is 12.6 Å².